The Hall–Kier alpha value is -3.13. The Labute approximate surface area is 352 Å². The molecule has 2 aromatic heterocycles. The predicted octanol–water partition coefficient (Wildman–Crippen LogP) is 4.59. The van der Waals surface area contributed by atoms with Gasteiger partial charge < -0.3 is 38.6 Å². The Morgan fingerprint density at radius 2 is 1.80 bits per heavy atom. The van der Waals surface area contributed by atoms with Gasteiger partial charge in [0.05, 0.1) is 30.0 Å². The summed E-state index contributed by atoms with van der Waals surface area (Å²) in [6.07, 6.45) is 0.557. The molecular formula is C41H66FN7O9S. The number of aliphatic hydroxyl groups excluding tert-OH is 1. The van der Waals surface area contributed by atoms with E-state index in [-0.39, 0.29) is 30.5 Å². The van der Waals surface area contributed by atoms with E-state index in [1.54, 1.807) is 36.5 Å². The molecule has 3 unspecified atom stereocenters. The van der Waals surface area contributed by atoms with Gasteiger partial charge in [-0.1, -0.05) is 26.0 Å². The lowest BCUT2D eigenvalue weighted by atomic mass is 9.77. The van der Waals surface area contributed by atoms with Crippen molar-refractivity contribution in [2.24, 2.45) is 11.8 Å². The number of esters is 1. The SMILES string of the molecule is CC[C@H]1OC(=O)C(C)(F)C(=O)[C@H](C)[C@@H](O[C@@H]2O[C@H](C)CC(N(C)C)C2O)[C@](C)(OC)C[C@@H](C)CN(C)[C@H](C)[C@H]2N(CCCCn3cc(-c4nccs4)nn3)C(=O)O[C@]12C. The van der Waals surface area contributed by atoms with E-state index >= 15 is 4.39 Å². The minimum atomic E-state index is -3.13. The van der Waals surface area contributed by atoms with E-state index in [9.17, 15) is 19.5 Å². The number of ether oxygens (including phenoxy) is 5. The molecule has 3 aliphatic heterocycles. The van der Waals surface area contributed by atoms with Crippen molar-refractivity contribution in [2.75, 3.05) is 41.3 Å². The fraction of sp³-hybridized carbons (Fsp3) is 0.805. The lowest BCUT2D eigenvalue weighted by Crippen LogP contribution is -2.61. The maximum atomic E-state index is 17.0. The summed E-state index contributed by atoms with van der Waals surface area (Å²) >= 11 is 1.48. The van der Waals surface area contributed by atoms with E-state index < -0.39 is 71.3 Å². The standard InChI is InChI=1S/C41H66FN7O9S/c1-13-30-41(8)32(49(38(53)58-41)18-15-14-17-48-23-28(44-45-48)35-43-16-19-59-35)27(5)47(11)22-24(2)21-39(6,54-12)34(26(4)33(51)40(7,42)37(52)56-30)57-36-31(50)29(46(9)10)20-25(3)55-36/h16,19,23-27,29-32,34,36,50H,13-15,17-18,20-22H2,1-12H3/t24-,25-,26+,27-,29?,30-,31?,32-,34-,36+,39-,40?,41-/m1/s1. The number of likely N-dealkylation sites (N-methyl/N-ethyl adjacent to an activating group) is 2. The van der Waals surface area contributed by atoms with Gasteiger partial charge in [-0.15, -0.1) is 16.4 Å². The number of halogens is 1. The summed E-state index contributed by atoms with van der Waals surface area (Å²) in [6, 6.07) is -1.27. The smallest absolute Gasteiger partial charge is 0.410 e. The van der Waals surface area contributed by atoms with Gasteiger partial charge in [-0.3, -0.25) is 14.4 Å². The topological polar surface area (TPSA) is 171 Å². The Bertz CT molecular complexity index is 1730. The minimum Gasteiger partial charge on any atom is -0.455 e. The summed E-state index contributed by atoms with van der Waals surface area (Å²) in [4.78, 5) is 52.2. The van der Waals surface area contributed by atoms with Crippen LogP contribution in [0.25, 0.3) is 10.7 Å². The average Bonchev–Trinajstić information content (AvgIpc) is 3.94. The van der Waals surface area contributed by atoms with Gasteiger partial charge in [0, 0.05) is 56.3 Å². The van der Waals surface area contributed by atoms with Crippen molar-refractivity contribution >= 4 is 29.2 Å². The zero-order valence-electron chi connectivity index (χ0n) is 36.8. The molecule has 0 radical (unpaired) electrons. The highest BCUT2D eigenvalue weighted by atomic mass is 32.1. The number of ketones is 1. The number of carbonyl (C=O) groups excluding carboxylic acids is 3. The average molecular weight is 852 g/mol. The van der Waals surface area contributed by atoms with Gasteiger partial charge in [0.1, 0.15) is 22.9 Å². The second-order valence-corrected chi connectivity index (χ2v) is 18.6. The minimum absolute atomic E-state index is 0.0946. The first-order chi connectivity index (χ1) is 27.7. The molecule has 5 heterocycles. The van der Waals surface area contributed by atoms with E-state index in [1.165, 1.54) is 25.4 Å². The molecular weight excluding hydrogens is 786 g/mol. The first kappa shape index (κ1) is 46.9. The van der Waals surface area contributed by atoms with E-state index in [1.807, 2.05) is 51.5 Å². The van der Waals surface area contributed by atoms with Gasteiger partial charge in [0.2, 0.25) is 0 Å². The molecule has 0 saturated carbocycles. The normalized spacial score (nSPS) is 38.2. The highest BCUT2D eigenvalue weighted by molar-refractivity contribution is 7.13. The molecule has 13 atom stereocenters. The number of aliphatic hydroxyl groups is 1. The number of methoxy groups -OCH3 is 1. The van der Waals surface area contributed by atoms with Crippen LogP contribution in [0.1, 0.15) is 87.5 Å². The van der Waals surface area contributed by atoms with Crippen LogP contribution >= 0.6 is 11.3 Å². The number of alkyl halides is 1. The Kier molecular flexibility index (Phi) is 15.0. The molecule has 5 rings (SSSR count). The number of fused-ring (bicyclic) bond motifs is 1. The molecule has 3 aliphatic rings. The number of Topliss-reactive ketones (excluding diaryl/α,β-unsaturated/α-hetero) is 1. The zero-order valence-corrected chi connectivity index (χ0v) is 37.6. The summed E-state index contributed by atoms with van der Waals surface area (Å²) in [5, 5.41) is 22.6. The molecule has 3 fully saturated rings. The monoisotopic (exact) mass is 851 g/mol. The molecule has 18 heteroatoms. The number of nitrogens with zero attached hydrogens (tertiary/aromatic N) is 7. The molecule has 16 nitrogen and oxygen atoms in total. The molecule has 3 saturated heterocycles. The van der Waals surface area contributed by atoms with Crippen LogP contribution in [0.4, 0.5) is 9.18 Å². The predicted molar refractivity (Wildman–Crippen MR) is 218 cm³/mol. The van der Waals surface area contributed by atoms with E-state index in [2.05, 4.69) is 27.1 Å². The maximum absolute atomic E-state index is 17.0. The van der Waals surface area contributed by atoms with Gasteiger partial charge in [-0.05, 0) is 93.8 Å². The number of cyclic esters (lactones) is 1. The van der Waals surface area contributed by atoms with Crippen molar-refractivity contribution < 1.29 is 47.6 Å². The van der Waals surface area contributed by atoms with Gasteiger partial charge >= 0.3 is 12.1 Å². The first-order valence-electron chi connectivity index (χ1n) is 20.8. The molecule has 0 aromatic carbocycles. The number of unbranched alkanes of at least 4 members (excludes halogenated alkanes) is 1. The fourth-order valence-electron chi connectivity index (χ4n) is 9.44. The third-order valence-electron chi connectivity index (χ3n) is 12.8. The molecule has 2 aromatic rings. The number of thiazole rings is 1. The van der Waals surface area contributed by atoms with Crippen molar-refractivity contribution in [2.45, 2.75) is 160 Å². The number of hydrogen-bond donors (Lipinski definition) is 1. The number of hydrogen-bond acceptors (Lipinski definition) is 15. The second-order valence-electron chi connectivity index (χ2n) is 17.7. The van der Waals surface area contributed by atoms with Crippen molar-refractivity contribution in [3.63, 3.8) is 0 Å². The van der Waals surface area contributed by atoms with Gasteiger partial charge in [-0.25, -0.2) is 19.0 Å². The lowest BCUT2D eigenvalue weighted by molar-refractivity contribution is -0.295. The van der Waals surface area contributed by atoms with Crippen molar-refractivity contribution in [3.05, 3.63) is 17.8 Å². The summed E-state index contributed by atoms with van der Waals surface area (Å²) in [5.41, 5.74) is -5.06. The molecule has 332 valence electrons. The quantitative estimate of drug-likeness (QED) is 0.189. The summed E-state index contributed by atoms with van der Waals surface area (Å²) in [7, 11) is 7.19. The van der Waals surface area contributed by atoms with Crippen LogP contribution in [-0.4, -0.2) is 165 Å². The van der Waals surface area contributed by atoms with Gasteiger partial charge in [0.15, 0.2) is 17.7 Å². The first-order valence-corrected chi connectivity index (χ1v) is 21.7. The van der Waals surface area contributed by atoms with Crippen molar-refractivity contribution in [1.29, 1.82) is 0 Å². The van der Waals surface area contributed by atoms with E-state index in [0.29, 0.717) is 51.0 Å². The second kappa shape index (κ2) is 18.9. The number of rotatable bonds is 11. The van der Waals surface area contributed by atoms with Crippen LogP contribution in [0.15, 0.2) is 17.8 Å². The third-order valence-corrected chi connectivity index (χ3v) is 13.6. The van der Waals surface area contributed by atoms with Crippen LogP contribution in [-0.2, 0) is 39.8 Å². The molecule has 1 amide bonds. The highest BCUT2D eigenvalue weighted by Crippen LogP contribution is 2.42. The van der Waals surface area contributed by atoms with Crippen LogP contribution in [0.3, 0.4) is 0 Å². The van der Waals surface area contributed by atoms with Crippen molar-refractivity contribution in [3.8, 4) is 10.7 Å². The van der Waals surface area contributed by atoms with Crippen molar-refractivity contribution in [1.82, 2.24) is 34.7 Å². The lowest BCUT2D eigenvalue weighted by Gasteiger charge is -2.47. The van der Waals surface area contributed by atoms with E-state index in [0.717, 1.165) is 11.9 Å². The summed E-state index contributed by atoms with van der Waals surface area (Å²) in [5.74, 6) is -3.82. The van der Waals surface area contributed by atoms with Crippen LogP contribution < -0.4 is 0 Å². The Morgan fingerprint density at radius 1 is 1.10 bits per heavy atom. The third kappa shape index (κ3) is 9.84. The van der Waals surface area contributed by atoms with Crippen LogP contribution in [0.2, 0.25) is 0 Å². The summed E-state index contributed by atoms with van der Waals surface area (Å²) < 4.78 is 49.8. The Balaban J connectivity index is 1.44. The van der Waals surface area contributed by atoms with Crippen LogP contribution in [0, 0.1) is 11.8 Å². The van der Waals surface area contributed by atoms with E-state index in [4.69, 9.17) is 23.7 Å². The molecule has 0 spiro atoms. The van der Waals surface area contributed by atoms with Gasteiger partial charge in [-0.2, -0.15) is 0 Å². The molecule has 1 N–H and O–H groups in total. The maximum Gasteiger partial charge on any atom is 0.410 e. The molecule has 59 heavy (non-hydrogen) atoms. The molecule has 0 aliphatic carbocycles. The fourth-order valence-corrected chi connectivity index (χ4v) is 10.0. The molecule has 0 bridgehead atoms. The largest absolute Gasteiger partial charge is 0.455 e. The Morgan fingerprint density at radius 3 is 2.42 bits per heavy atom. The van der Waals surface area contributed by atoms with Gasteiger partial charge in [0.25, 0.3) is 5.67 Å². The highest BCUT2D eigenvalue weighted by Gasteiger charge is 2.61. The number of amides is 1. The summed E-state index contributed by atoms with van der Waals surface area (Å²) in [6.45, 7) is 15.1. The zero-order chi connectivity index (χ0) is 43.6. The van der Waals surface area contributed by atoms with Crippen LogP contribution in [0.5, 0.6) is 0 Å². The number of aromatic nitrogens is 4. The number of aryl methyl sites for hydroxylation is 1. The number of carbonyl (C=O) groups is 3.